The maximum absolute atomic E-state index is 12.6. The minimum Gasteiger partial charge on any atom is -0.496 e. The van der Waals surface area contributed by atoms with Gasteiger partial charge in [0.1, 0.15) is 5.75 Å². The highest BCUT2D eigenvalue weighted by molar-refractivity contribution is 6.32. The maximum atomic E-state index is 12.6. The Morgan fingerprint density at radius 3 is 2.45 bits per heavy atom. The maximum Gasteiger partial charge on any atom is 0.280 e. The quantitative estimate of drug-likeness (QED) is 0.812. The van der Waals surface area contributed by atoms with Gasteiger partial charge in [0.2, 0.25) is 0 Å². The van der Waals surface area contributed by atoms with Crippen molar-refractivity contribution in [1.82, 2.24) is 0 Å². The molecule has 2 aromatic rings. The van der Waals surface area contributed by atoms with Crippen LogP contribution in [0.15, 0.2) is 65.3 Å². The van der Waals surface area contributed by atoms with Crippen molar-refractivity contribution < 1.29 is 9.53 Å². The third kappa shape index (κ3) is 2.51. The fourth-order valence-electron chi connectivity index (χ4n) is 2.37. The highest BCUT2D eigenvalue weighted by atomic mass is 16.5. The van der Waals surface area contributed by atoms with Gasteiger partial charge in [-0.3, -0.25) is 4.79 Å². The van der Waals surface area contributed by atoms with Crippen molar-refractivity contribution in [2.75, 3.05) is 12.1 Å². The zero-order chi connectivity index (χ0) is 15.5. The molecule has 0 bridgehead atoms. The Labute approximate surface area is 129 Å². The number of benzene rings is 2. The monoisotopic (exact) mass is 292 g/mol. The highest BCUT2D eigenvalue weighted by Crippen LogP contribution is 2.27. The molecular weight excluding hydrogens is 276 g/mol. The van der Waals surface area contributed by atoms with Gasteiger partial charge in [0.15, 0.2) is 0 Å². The van der Waals surface area contributed by atoms with Crippen LogP contribution >= 0.6 is 0 Å². The van der Waals surface area contributed by atoms with Gasteiger partial charge in [-0.15, -0.1) is 0 Å². The summed E-state index contributed by atoms with van der Waals surface area (Å²) < 4.78 is 5.33. The second kappa shape index (κ2) is 5.85. The smallest absolute Gasteiger partial charge is 0.280 e. The summed E-state index contributed by atoms with van der Waals surface area (Å²) in [5, 5.41) is 5.79. The number of nitrogens with zero attached hydrogens (tertiary/aromatic N) is 2. The van der Waals surface area contributed by atoms with E-state index in [2.05, 4.69) is 5.10 Å². The predicted octanol–water partition coefficient (Wildman–Crippen LogP) is 3.50. The molecule has 1 aliphatic heterocycles. The van der Waals surface area contributed by atoms with E-state index in [1.165, 1.54) is 5.01 Å². The molecule has 0 saturated heterocycles. The van der Waals surface area contributed by atoms with Crippen molar-refractivity contribution in [2.45, 2.75) is 6.92 Å². The van der Waals surface area contributed by atoms with Gasteiger partial charge in [-0.2, -0.15) is 10.1 Å². The van der Waals surface area contributed by atoms with Crippen LogP contribution in [0.3, 0.4) is 0 Å². The summed E-state index contributed by atoms with van der Waals surface area (Å²) in [6, 6.07) is 17.0. The van der Waals surface area contributed by atoms with Gasteiger partial charge in [-0.1, -0.05) is 36.4 Å². The lowest BCUT2D eigenvalue weighted by molar-refractivity contribution is -0.114. The van der Waals surface area contributed by atoms with Crippen molar-refractivity contribution in [3.63, 3.8) is 0 Å². The van der Waals surface area contributed by atoms with E-state index in [9.17, 15) is 4.79 Å². The topological polar surface area (TPSA) is 41.9 Å². The number of ether oxygens (including phenoxy) is 1. The largest absolute Gasteiger partial charge is 0.496 e. The van der Waals surface area contributed by atoms with E-state index in [0.717, 1.165) is 17.0 Å². The Balaban J connectivity index is 1.98. The Bertz CT molecular complexity index is 764. The van der Waals surface area contributed by atoms with Gasteiger partial charge in [0.25, 0.3) is 5.91 Å². The molecule has 0 fully saturated rings. The lowest BCUT2D eigenvalue weighted by Crippen LogP contribution is -2.21. The van der Waals surface area contributed by atoms with Crippen LogP contribution < -0.4 is 9.75 Å². The van der Waals surface area contributed by atoms with Gasteiger partial charge < -0.3 is 4.74 Å². The molecule has 0 atom stereocenters. The van der Waals surface area contributed by atoms with E-state index < -0.39 is 0 Å². The summed E-state index contributed by atoms with van der Waals surface area (Å²) >= 11 is 0. The van der Waals surface area contributed by atoms with Crippen molar-refractivity contribution in [1.29, 1.82) is 0 Å². The van der Waals surface area contributed by atoms with E-state index in [0.29, 0.717) is 11.3 Å². The van der Waals surface area contributed by atoms with Gasteiger partial charge in [-0.25, -0.2) is 0 Å². The second-order valence-corrected chi connectivity index (χ2v) is 4.94. The Hall–Kier alpha value is -2.88. The molecular formula is C18H16N2O2. The molecule has 1 amide bonds. The third-order valence-corrected chi connectivity index (χ3v) is 3.50. The third-order valence-electron chi connectivity index (χ3n) is 3.50. The zero-order valence-electron chi connectivity index (χ0n) is 12.5. The zero-order valence-corrected chi connectivity index (χ0v) is 12.5. The molecule has 3 rings (SSSR count). The summed E-state index contributed by atoms with van der Waals surface area (Å²) in [6.45, 7) is 1.84. The average molecular weight is 292 g/mol. The number of methoxy groups -OCH3 is 1. The van der Waals surface area contributed by atoms with Crippen LogP contribution in [-0.4, -0.2) is 18.7 Å². The molecule has 1 heterocycles. The Morgan fingerprint density at radius 1 is 1.05 bits per heavy atom. The van der Waals surface area contributed by atoms with E-state index in [-0.39, 0.29) is 5.91 Å². The van der Waals surface area contributed by atoms with Crippen molar-refractivity contribution in [3.8, 4) is 5.75 Å². The molecule has 110 valence electrons. The molecule has 0 N–H and O–H groups in total. The number of hydrogen-bond donors (Lipinski definition) is 0. The molecule has 0 aliphatic carbocycles. The first kappa shape index (κ1) is 14.1. The summed E-state index contributed by atoms with van der Waals surface area (Å²) in [4.78, 5) is 12.6. The normalized spacial score (nSPS) is 16.1. The molecule has 4 nitrogen and oxygen atoms in total. The predicted molar refractivity (Wildman–Crippen MR) is 88.0 cm³/mol. The van der Waals surface area contributed by atoms with Crippen molar-refractivity contribution >= 4 is 23.4 Å². The number of para-hydroxylation sites is 2. The van der Waals surface area contributed by atoms with Gasteiger partial charge in [0.05, 0.1) is 24.1 Å². The minimum absolute atomic E-state index is 0.130. The van der Waals surface area contributed by atoms with Gasteiger partial charge in [0, 0.05) is 5.56 Å². The summed E-state index contributed by atoms with van der Waals surface area (Å²) in [5.41, 5.74) is 2.89. The minimum atomic E-state index is -0.130. The number of rotatable bonds is 3. The lowest BCUT2D eigenvalue weighted by Gasteiger charge is -2.11. The summed E-state index contributed by atoms with van der Waals surface area (Å²) in [5.74, 6) is 0.600. The Morgan fingerprint density at radius 2 is 1.73 bits per heavy atom. The van der Waals surface area contributed by atoms with Crippen LogP contribution in [0.5, 0.6) is 5.75 Å². The first-order valence-corrected chi connectivity index (χ1v) is 7.00. The summed E-state index contributed by atoms with van der Waals surface area (Å²) in [6.07, 6.45) is 1.82. The molecule has 22 heavy (non-hydrogen) atoms. The van der Waals surface area contributed by atoms with Crippen LogP contribution in [0.25, 0.3) is 6.08 Å². The van der Waals surface area contributed by atoms with Crippen LogP contribution in [0.4, 0.5) is 5.69 Å². The molecule has 0 spiro atoms. The standard InChI is InChI=1S/C18H16N2O2/c1-13-16(12-14-8-6-7-11-17(14)22-2)18(21)20(19-13)15-9-4-3-5-10-15/h3-12H,1-2H3/b16-12+. The van der Waals surface area contributed by atoms with Crippen LogP contribution in [-0.2, 0) is 4.79 Å². The van der Waals surface area contributed by atoms with Gasteiger partial charge in [-0.05, 0) is 31.2 Å². The Kier molecular flexibility index (Phi) is 3.74. The second-order valence-electron chi connectivity index (χ2n) is 4.94. The van der Waals surface area contributed by atoms with Crippen LogP contribution in [0.2, 0.25) is 0 Å². The number of hydrogen-bond acceptors (Lipinski definition) is 3. The average Bonchev–Trinajstić information content (AvgIpc) is 2.84. The SMILES string of the molecule is COc1ccccc1/C=C1/C(=O)N(c2ccccc2)N=C1C. The van der Waals surface area contributed by atoms with E-state index in [1.54, 1.807) is 7.11 Å². The van der Waals surface area contributed by atoms with E-state index >= 15 is 0 Å². The van der Waals surface area contributed by atoms with Crippen LogP contribution in [0, 0.1) is 0 Å². The number of carbonyl (C=O) groups excluding carboxylic acids is 1. The molecule has 0 radical (unpaired) electrons. The number of amides is 1. The number of carbonyl (C=O) groups is 1. The molecule has 0 saturated carbocycles. The van der Waals surface area contributed by atoms with Crippen molar-refractivity contribution in [2.24, 2.45) is 5.10 Å². The first-order valence-electron chi connectivity index (χ1n) is 7.00. The molecule has 1 aliphatic rings. The van der Waals surface area contributed by atoms with Crippen LogP contribution in [0.1, 0.15) is 12.5 Å². The van der Waals surface area contributed by atoms with E-state index in [1.807, 2.05) is 67.6 Å². The summed E-state index contributed by atoms with van der Waals surface area (Å²) in [7, 11) is 1.62. The van der Waals surface area contributed by atoms with E-state index in [4.69, 9.17) is 4.74 Å². The van der Waals surface area contributed by atoms with Crippen molar-refractivity contribution in [3.05, 3.63) is 65.7 Å². The first-order chi connectivity index (χ1) is 10.7. The molecule has 4 heteroatoms. The molecule has 2 aromatic carbocycles. The number of anilines is 1. The highest BCUT2D eigenvalue weighted by Gasteiger charge is 2.28. The lowest BCUT2D eigenvalue weighted by atomic mass is 10.1. The number of hydrazone groups is 1. The fourth-order valence-corrected chi connectivity index (χ4v) is 2.37. The molecule has 0 aromatic heterocycles. The fraction of sp³-hybridized carbons (Fsp3) is 0.111. The van der Waals surface area contributed by atoms with Gasteiger partial charge >= 0.3 is 0 Å². The molecule has 0 unspecified atom stereocenters.